The summed E-state index contributed by atoms with van der Waals surface area (Å²) in [6, 6.07) is 12.4. The quantitative estimate of drug-likeness (QED) is 0.939. The molecule has 1 N–H and O–H groups in total. The molecule has 6 heteroatoms. The molecule has 2 aromatic rings. The van der Waals surface area contributed by atoms with Gasteiger partial charge in [0.1, 0.15) is 16.5 Å². The van der Waals surface area contributed by atoms with E-state index in [0.29, 0.717) is 5.00 Å². The number of carbonyl (C=O) groups excluding carboxylic acids is 1. The van der Waals surface area contributed by atoms with Crippen molar-refractivity contribution in [2.75, 3.05) is 11.9 Å². The first-order valence-corrected chi connectivity index (χ1v) is 6.67. The van der Waals surface area contributed by atoms with E-state index >= 15 is 0 Å². The van der Waals surface area contributed by atoms with Crippen LogP contribution in [-0.2, 0) is 11.3 Å². The van der Waals surface area contributed by atoms with Crippen LogP contribution in [0.15, 0.2) is 42.5 Å². The van der Waals surface area contributed by atoms with E-state index in [1.54, 1.807) is 13.1 Å². The Balaban J connectivity index is 1.96. The van der Waals surface area contributed by atoms with E-state index < -0.39 is 12.1 Å². The lowest BCUT2D eigenvalue weighted by Crippen LogP contribution is -2.26. The number of aromatic carboxylic acids is 1. The second-order valence-corrected chi connectivity index (χ2v) is 5.10. The van der Waals surface area contributed by atoms with Crippen LogP contribution in [0.5, 0.6) is 0 Å². The number of benzene rings is 1. The molecule has 0 aliphatic rings. The van der Waals surface area contributed by atoms with Gasteiger partial charge in [-0.3, -0.25) is 4.90 Å². The number of amides is 1. The molecule has 1 amide bonds. The first kappa shape index (κ1) is 14.1. The highest BCUT2D eigenvalue weighted by atomic mass is 32.1. The molecule has 5 nitrogen and oxygen atoms in total. The van der Waals surface area contributed by atoms with Crippen molar-refractivity contribution in [1.82, 2.24) is 0 Å². The van der Waals surface area contributed by atoms with Gasteiger partial charge in [0.2, 0.25) is 0 Å². The van der Waals surface area contributed by atoms with Crippen molar-refractivity contribution in [1.29, 1.82) is 0 Å². The van der Waals surface area contributed by atoms with Crippen LogP contribution in [0.3, 0.4) is 0 Å². The van der Waals surface area contributed by atoms with Crippen LogP contribution < -0.4 is 4.90 Å². The molecule has 0 aliphatic carbocycles. The van der Waals surface area contributed by atoms with E-state index in [0.717, 1.165) is 16.9 Å². The minimum absolute atomic E-state index is 0.182. The Morgan fingerprint density at radius 3 is 2.50 bits per heavy atom. The topological polar surface area (TPSA) is 66.8 Å². The summed E-state index contributed by atoms with van der Waals surface area (Å²) < 4.78 is 5.16. The van der Waals surface area contributed by atoms with E-state index in [4.69, 9.17) is 9.84 Å². The summed E-state index contributed by atoms with van der Waals surface area (Å²) >= 11 is 1.02. The standard InChI is InChI=1S/C14H13NO4S/c1-15(12-8-7-11(20-12)13(16)17)14(18)19-9-10-5-3-2-4-6-10/h2-8H,9H2,1H3,(H,16,17). The van der Waals surface area contributed by atoms with E-state index in [2.05, 4.69) is 0 Å². The molecular weight excluding hydrogens is 278 g/mol. The average molecular weight is 291 g/mol. The maximum absolute atomic E-state index is 11.9. The Hall–Kier alpha value is -2.34. The van der Waals surface area contributed by atoms with Gasteiger partial charge in [-0.15, -0.1) is 11.3 Å². The van der Waals surface area contributed by atoms with E-state index in [1.165, 1.54) is 11.0 Å². The lowest BCUT2D eigenvalue weighted by Gasteiger charge is -2.14. The number of carbonyl (C=O) groups is 2. The largest absolute Gasteiger partial charge is 0.477 e. The van der Waals surface area contributed by atoms with Crippen molar-refractivity contribution in [3.63, 3.8) is 0 Å². The fourth-order valence-corrected chi connectivity index (χ4v) is 2.33. The fourth-order valence-electron chi connectivity index (χ4n) is 1.53. The van der Waals surface area contributed by atoms with Crippen LogP contribution in [0.25, 0.3) is 0 Å². The molecule has 0 unspecified atom stereocenters. The Kier molecular flexibility index (Phi) is 4.37. The third-order valence-electron chi connectivity index (χ3n) is 2.61. The molecule has 0 saturated carbocycles. The third kappa shape index (κ3) is 3.36. The van der Waals surface area contributed by atoms with Gasteiger partial charge < -0.3 is 9.84 Å². The molecule has 0 spiro atoms. The summed E-state index contributed by atoms with van der Waals surface area (Å²) in [7, 11) is 1.55. The van der Waals surface area contributed by atoms with Crippen molar-refractivity contribution in [3.05, 3.63) is 52.9 Å². The Morgan fingerprint density at radius 2 is 1.90 bits per heavy atom. The van der Waals surface area contributed by atoms with Gasteiger partial charge >= 0.3 is 12.1 Å². The first-order valence-electron chi connectivity index (χ1n) is 5.85. The van der Waals surface area contributed by atoms with Crippen LogP contribution in [0, 0.1) is 0 Å². The van der Waals surface area contributed by atoms with Crippen molar-refractivity contribution >= 4 is 28.4 Å². The zero-order chi connectivity index (χ0) is 14.5. The van der Waals surface area contributed by atoms with Gasteiger partial charge in [0.25, 0.3) is 0 Å². The minimum Gasteiger partial charge on any atom is -0.477 e. The van der Waals surface area contributed by atoms with Crippen LogP contribution >= 0.6 is 11.3 Å². The zero-order valence-corrected chi connectivity index (χ0v) is 11.6. The monoisotopic (exact) mass is 291 g/mol. The third-order valence-corrected chi connectivity index (χ3v) is 3.76. The second-order valence-electron chi connectivity index (χ2n) is 4.04. The minimum atomic E-state index is -1.01. The van der Waals surface area contributed by atoms with Gasteiger partial charge in [0, 0.05) is 7.05 Å². The Labute approximate surface area is 120 Å². The number of thiophene rings is 1. The van der Waals surface area contributed by atoms with Gasteiger partial charge in [0.15, 0.2) is 0 Å². The van der Waals surface area contributed by atoms with E-state index in [9.17, 15) is 9.59 Å². The highest BCUT2D eigenvalue weighted by molar-refractivity contribution is 7.18. The second kappa shape index (κ2) is 6.21. The Morgan fingerprint density at radius 1 is 1.20 bits per heavy atom. The highest BCUT2D eigenvalue weighted by Crippen LogP contribution is 2.25. The van der Waals surface area contributed by atoms with Crippen LogP contribution in [0.4, 0.5) is 9.80 Å². The summed E-state index contributed by atoms with van der Waals surface area (Å²) in [6.45, 7) is 0.182. The maximum atomic E-state index is 11.9. The molecule has 2 rings (SSSR count). The van der Waals surface area contributed by atoms with E-state index in [1.807, 2.05) is 30.3 Å². The number of hydrogen-bond donors (Lipinski definition) is 1. The molecule has 1 aromatic heterocycles. The number of nitrogens with zero attached hydrogens (tertiary/aromatic N) is 1. The number of rotatable bonds is 4. The van der Waals surface area contributed by atoms with Crippen LogP contribution in [0.1, 0.15) is 15.2 Å². The van der Waals surface area contributed by atoms with Crippen molar-refractivity contribution in [2.24, 2.45) is 0 Å². The van der Waals surface area contributed by atoms with E-state index in [-0.39, 0.29) is 11.5 Å². The maximum Gasteiger partial charge on any atom is 0.414 e. The molecule has 0 atom stereocenters. The zero-order valence-electron chi connectivity index (χ0n) is 10.8. The van der Waals surface area contributed by atoms with Crippen LogP contribution in [-0.4, -0.2) is 24.2 Å². The fraction of sp³-hybridized carbons (Fsp3) is 0.143. The molecule has 0 aliphatic heterocycles. The first-order chi connectivity index (χ1) is 9.58. The number of carboxylic acid groups (broad SMARTS) is 1. The molecule has 0 bridgehead atoms. The predicted molar refractivity (Wildman–Crippen MR) is 76.3 cm³/mol. The molecule has 0 saturated heterocycles. The summed E-state index contributed by atoms with van der Waals surface area (Å²) in [5.74, 6) is -1.01. The predicted octanol–water partition coefficient (Wildman–Crippen LogP) is 3.22. The summed E-state index contributed by atoms with van der Waals surface area (Å²) in [5.41, 5.74) is 0.895. The number of carboxylic acids is 1. The van der Waals surface area contributed by atoms with Crippen molar-refractivity contribution in [3.8, 4) is 0 Å². The van der Waals surface area contributed by atoms with Gasteiger partial charge in [-0.2, -0.15) is 0 Å². The van der Waals surface area contributed by atoms with Crippen LogP contribution in [0.2, 0.25) is 0 Å². The van der Waals surface area contributed by atoms with Gasteiger partial charge in [-0.25, -0.2) is 9.59 Å². The smallest absolute Gasteiger partial charge is 0.414 e. The van der Waals surface area contributed by atoms with Gasteiger partial charge in [-0.1, -0.05) is 30.3 Å². The summed E-state index contributed by atoms with van der Waals surface area (Å²) in [6.07, 6.45) is -0.521. The molecular formula is C14H13NO4S. The van der Waals surface area contributed by atoms with Crippen molar-refractivity contribution in [2.45, 2.75) is 6.61 Å². The highest BCUT2D eigenvalue weighted by Gasteiger charge is 2.16. The number of hydrogen-bond acceptors (Lipinski definition) is 4. The molecule has 0 fully saturated rings. The summed E-state index contributed by atoms with van der Waals surface area (Å²) in [5, 5.41) is 9.37. The molecule has 104 valence electrons. The normalized spacial score (nSPS) is 10.1. The molecule has 1 aromatic carbocycles. The SMILES string of the molecule is CN(C(=O)OCc1ccccc1)c1ccc(C(=O)O)s1. The lowest BCUT2D eigenvalue weighted by atomic mass is 10.2. The average Bonchev–Trinajstić information content (AvgIpc) is 2.95. The molecule has 1 heterocycles. The molecule has 0 radical (unpaired) electrons. The number of ether oxygens (including phenoxy) is 1. The number of anilines is 1. The van der Waals surface area contributed by atoms with Gasteiger partial charge in [0.05, 0.1) is 0 Å². The Bertz CT molecular complexity index is 609. The van der Waals surface area contributed by atoms with Crippen molar-refractivity contribution < 1.29 is 19.4 Å². The van der Waals surface area contributed by atoms with Gasteiger partial charge in [-0.05, 0) is 17.7 Å². The lowest BCUT2D eigenvalue weighted by molar-refractivity contribution is 0.0702. The summed E-state index contributed by atoms with van der Waals surface area (Å²) in [4.78, 5) is 24.1. The molecule has 20 heavy (non-hydrogen) atoms.